The highest BCUT2D eigenvalue weighted by Crippen LogP contribution is 2.35. The molecule has 1 aromatic carbocycles. The zero-order chi connectivity index (χ0) is 11.7. The molecule has 1 heterocycles. The van der Waals surface area contributed by atoms with Crippen LogP contribution in [-0.4, -0.2) is 12.4 Å². The lowest BCUT2D eigenvalue weighted by Gasteiger charge is -2.16. The maximum Gasteiger partial charge on any atom is 0.167 e. The summed E-state index contributed by atoms with van der Waals surface area (Å²) in [5.41, 5.74) is 2.99. The van der Waals surface area contributed by atoms with Gasteiger partial charge in [-0.15, -0.1) is 0 Å². The molecule has 2 rings (SSSR count). The molecule has 0 fully saturated rings. The van der Waals surface area contributed by atoms with E-state index < -0.39 is 0 Å². The van der Waals surface area contributed by atoms with Crippen LogP contribution in [0.5, 0.6) is 5.75 Å². The Balaban J connectivity index is 2.62. The van der Waals surface area contributed by atoms with E-state index in [1.54, 1.807) is 0 Å². The number of ether oxygens (including phenoxy) is 1. The Hall–Kier alpha value is -1.31. The van der Waals surface area contributed by atoms with Gasteiger partial charge in [-0.25, -0.2) is 0 Å². The number of carbonyl (C=O) groups is 1. The molecule has 86 valence electrons. The Kier molecular flexibility index (Phi) is 2.99. The van der Waals surface area contributed by atoms with Crippen LogP contribution in [0.3, 0.4) is 0 Å². The molecule has 2 nitrogen and oxygen atoms in total. The fourth-order valence-electron chi connectivity index (χ4n) is 2.19. The number of Topliss-reactive ketones (excluding diaryl/α,β-unsaturated/α-hetero) is 1. The second-order valence-electron chi connectivity index (χ2n) is 4.71. The van der Waals surface area contributed by atoms with Crippen molar-refractivity contribution in [2.24, 2.45) is 0 Å². The second-order valence-corrected chi connectivity index (χ2v) is 4.71. The maximum atomic E-state index is 12.0. The molecule has 0 saturated carbocycles. The molecule has 2 heteroatoms. The van der Waals surface area contributed by atoms with E-state index in [1.165, 1.54) is 0 Å². The summed E-state index contributed by atoms with van der Waals surface area (Å²) >= 11 is 0. The Morgan fingerprint density at radius 1 is 1.31 bits per heavy atom. The first-order valence-electron chi connectivity index (χ1n) is 5.90. The van der Waals surface area contributed by atoms with E-state index in [0.29, 0.717) is 18.9 Å². The Labute approximate surface area is 96.6 Å². The van der Waals surface area contributed by atoms with Crippen molar-refractivity contribution in [1.29, 1.82) is 0 Å². The van der Waals surface area contributed by atoms with Gasteiger partial charge in [0, 0.05) is 6.42 Å². The standard InChI is InChI=1S/C14H18O2/c1-9(2)11-7-6-10(3)13-12(15)5-4-8-16-14(11)13/h6-7,9H,4-5,8H2,1-3H3. The SMILES string of the molecule is Cc1ccc(C(C)C)c2c1C(=O)CCCO2. The lowest BCUT2D eigenvalue weighted by Crippen LogP contribution is -2.04. The lowest BCUT2D eigenvalue weighted by atomic mass is 9.93. The molecule has 0 aromatic heterocycles. The number of fused-ring (bicyclic) bond motifs is 1. The van der Waals surface area contributed by atoms with Crippen LogP contribution in [0.1, 0.15) is 54.1 Å². The number of hydrogen-bond donors (Lipinski definition) is 0. The molecule has 0 amide bonds. The van der Waals surface area contributed by atoms with Gasteiger partial charge in [0.05, 0.1) is 12.2 Å². The predicted molar refractivity (Wildman–Crippen MR) is 64.3 cm³/mol. The highest BCUT2D eigenvalue weighted by Gasteiger charge is 2.22. The van der Waals surface area contributed by atoms with Gasteiger partial charge in [-0.05, 0) is 30.4 Å². The van der Waals surface area contributed by atoms with E-state index in [2.05, 4.69) is 19.9 Å². The van der Waals surface area contributed by atoms with Crippen LogP contribution in [0.25, 0.3) is 0 Å². The average molecular weight is 218 g/mol. The number of rotatable bonds is 1. The van der Waals surface area contributed by atoms with E-state index in [4.69, 9.17) is 4.74 Å². The number of carbonyl (C=O) groups excluding carboxylic acids is 1. The second kappa shape index (κ2) is 4.28. The summed E-state index contributed by atoms with van der Waals surface area (Å²) in [6.45, 7) is 6.89. The molecule has 0 bridgehead atoms. The van der Waals surface area contributed by atoms with Crippen LogP contribution < -0.4 is 4.74 Å². The van der Waals surface area contributed by atoms with Gasteiger partial charge in [-0.2, -0.15) is 0 Å². The van der Waals surface area contributed by atoms with Gasteiger partial charge >= 0.3 is 0 Å². The molecule has 0 radical (unpaired) electrons. The predicted octanol–water partition coefficient (Wildman–Crippen LogP) is 3.47. The van der Waals surface area contributed by atoms with Gasteiger partial charge in [0.1, 0.15) is 5.75 Å². The van der Waals surface area contributed by atoms with Crippen molar-refractivity contribution in [1.82, 2.24) is 0 Å². The summed E-state index contributed by atoms with van der Waals surface area (Å²) < 4.78 is 5.77. The van der Waals surface area contributed by atoms with Gasteiger partial charge in [0.15, 0.2) is 5.78 Å². The Morgan fingerprint density at radius 2 is 2.06 bits per heavy atom. The lowest BCUT2D eigenvalue weighted by molar-refractivity contribution is 0.0982. The minimum atomic E-state index is 0.229. The molecule has 16 heavy (non-hydrogen) atoms. The van der Waals surface area contributed by atoms with Gasteiger partial charge in [0.2, 0.25) is 0 Å². The first-order chi connectivity index (χ1) is 7.61. The molecule has 1 aliphatic heterocycles. The van der Waals surface area contributed by atoms with Gasteiger partial charge in [-0.3, -0.25) is 4.79 Å². The third-order valence-electron chi connectivity index (χ3n) is 3.09. The first kappa shape index (κ1) is 11.2. The van der Waals surface area contributed by atoms with Crippen molar-refractivity contribution in [3.63, 3.8) is 0 Å². The van der Waals surface area contributed by atoms with E-state index >= 15 is 0 Å². The molecule has 0 N–H and O–H groups in total. The van der Waals surface area contributed by atoms with Crippen molar-refractivity contribution < 1.29 is 9.53 Å². The van der Waals surface area contributed by atoms with Crippen LogP contribution in [0.15, 0.2) is 12.1 Å². The molecular formula is C14H18O2. The van der Waals surface area contributed by atoms with Gasteiger partial charge in [-0.1, -0.05) is 26.0 Å². The van der Waals surface area contributed by atoms with Gasteiger partial charge < -0.3 is 4.74 Å². The van der Waals surface area contributed by atoms with Crippen molar-refractivity contribution >= 4 is 5.78 Å². The van der Waals surface area contributed by atoms with Crippen LogP contribution in [-0.2, 0) is 0 Å². The smallest absolute Gasteiger partial charge is 0.167 e. The van der Waals surface area contributed by atoms with Gasteiger partial charge in [0.25, 0.3) is 0 Å². The molecule has 0 spiro atoms. The molecule has 0 atom stereocenters. The minimum absolute atomic E-state index is 0.229. The molecular weight excluding hydrogens is 200 g/mol. The summed E-state index contributed by atoms with van der Waals surface area (Å²) in [5, 5.41) is 0. The van der Waals surface area contributed by atoms with E-state index in [9.17, 15) is 4.79 Å². The minimum Gasteiger partial charge on any atom is -0.493 e. The zero-order valence-electron chi connectivity index (χ0n) is 10.2. The highest BCUT2D eigenvalue weighted by atomic mass is 16.5. The zero-order valence-corrected chi connectivity index (χ0v) is 10.2. The summed E-state index contributed by atoms with van der Waals surface area (Å²) in [6, 6.07) is 4.11. The maximum absolute atomic E-state index is 12.0. The van der Waals surface area contributed by atoms with Crippen LogP contribution >= 0.6 is 0 Å². The summed E-state index contributed by atoms with van der Waals surface area (Å²) in [5.74, 6) is 1.45. The van der Waals surface area contributed by atoms with Crippen molar-refractivity contribution in [3.05, 3.63) is 28.8 Å². The van der Waals surface area contributed by atoms with Crippen molar-refractivity contribution in [3.8, 4) is 5.75 Å². The molecule has 1 aliphatic rings. The molecule has 0 unspecified atom stereocenters. The first-order valence-corrected chi connectivity index (χ1v) is 5.90. The fourth-order valence-corrected chi connectivity index (χ4v) is 2.19. The summed E-state index contributed by atoms with van der Waals surface area (Å²) in [4.78, 5) is 12.0. The highest BCUT2D eigenvalue weighted by molar-refractivity contribution is 6.00. The van der Waals surface area contributed by atoms with Crippen molar-refractivity contribution in [2.45, 2.75) is 39.5 Å². The monoisotopic (exact) mass is 218 g/mol. The fraction of sp³-hybridized carbons (Fsp3) is 0.500. The van der Waals surface area contributed by atoms with E-state index in [0.717, 1.165) is 28.9 Å². The molecule has 0 saturated heterocycles. The summed E-state index contributed by atoms with van der Waals surface area (Å²) in [6.07, 6.45) is 1.43. The van der Waals surface area contributed by atoms with Crippen LogP contribution in [0, 0.1) is 6.92 Å². The largest absolute Gasteiger partial charge is 0.493 e. The third-order valence-corrected chi connectivity index (χ3v) is 3.09. The van der Waals surface area contributed by atoms with E-state index in [1.807, 2.05) is 13.0 Å². The van der Waals surface area contributed by atoms with E-state index in [-0.39, 0.29) is 5.78 Å². The molecule has 0 aliphatic carbocycles. The Bertz CT molecular complexity index is 419. The van der Waals surface area contributed by atoms with Crippen molar-refractivity contribution in [2.75, 3.05) is 6.61 Å². The average Bonchev–Trinajstić information content (AvgIpc) is 2.41. The topological polar surface area (TPSA) is 26.3 Å². The third kappa shape index (κ3) is 1.84. The number of aryl methyl sites for hydroxylation is 1. The summed E-state index contributed by atoms with van der Waals surface area (Å²) in [7, 11) is 0. The number of benzene rings is 1. The molecule has 1 aromatic rings. The Morgan fingerprint density at radius 3 is 2.75 bits per heavy atom. The number of ketones is 1. The number of hydrogen-bond acceptors (Lipinski definition) is 2. The normalized spacial score (nSPS) is 15.6. The van der Waals surface area contributed by atoms with Crippen LogP contribution in [0.4, 0.5) is 0 Å². The van der Waals surface area contributed by atoms with Crippen LogP contribution in [0.2, 0.25) is 0 Å². The quantitative estimate of drug-likeness (QED) is 0.721.